The number of aromatic hydroxyl groups is 1. The van der Waals surface area contributed by atoms with Crippen LogP contribution in [0.15, 0.2) is 18.5 Å². The molecule has 0 radical (unpaired) electrons. The van der Waals surface area contributed by atoms with Gasteiger partial charge in [-0.1, -0.05) is 6.07 Å². The Kier molecular flexibility index (Phi) is 1.85. The van der Waals surface area contributed by atoms with Crippen LogP contribution >= 0.6 is 0 Å². The van der Waals surface area contributed by atoms with Gasteiger partial charge in [-0.05, 0) is 6.07 Å². The fourth-order valence-corrected chi connectivity index (χ4v) is 1.34. The van der Waals surface area contributed by atoms with Gasteiger partial charge in [0, 0.05) is 5.56 Å². The summed E-state index contributed by atoms with van der Waals surface area (Å²) in [7, 11) is 0. The van der Waals surface area contributed by atoms with Crippen molar-refractivity contribution in [1.82, 2.24) is 9.97 Å². The molecule has 0 aliphatic rings. The van der Waals surface area contributed by atoms with Crippen molar-refractivity contribution in [3.8, 4) is 5.75 Å². The number of H-pyrrole nitrogens is 1. The lowest BCUT2D eigenvalue weighted by molar-refractivity contribution is -0.136. The number of phenolic OH excluding ortho intramolecular Hbond substituents is 1. The van der Waals surface area contributed by atoms with E-state index < -0.39 is 5.97 Å². The fraction of sp³-hybridized carbons (Fsp3) is 0.111. The number of rotatable bonds is 2. The largest absolute Gasteiger partial charge is 0.505 e. The molecule has 5 nitrogen and oxygen atoms in total. The zero-order chi connectivity index (χ0) is 10.1. The van der Waals surface area contributed by atoms with Gasteiger partial charge in [0.15, 0.2) is 0 Å². The maximum Gasteiger partial charge on any atom is 0.307 e. The van der Waals surface area contributed by atoms with Crippen LogP contribution in [0.25, 0.3) is 11.0 Å². The third-order valence-electron chi connectivity index (χ3n) is 1.99. The second-order valence-corrected chi connectivity index (χ2v) is 2.94. The molecule has 0 unspecified atom stereocenters. The van der Waals surface area contributed by atoms with E-state index in [1.165, 1.54) is 6.33 Å². The first-order chi connectivity index (χ1) is 6.68. The fourth-order valence-electron chi connectivity index (χ4n) is 1.34. The van der Waals surface area contributed by atoms with E-state index in [4.69, 9.17) is 5.11 Å². The lowest BCUT2D eigenvalue weighted by atomic mass is 10.1. The number of fused-ring (bicyclic) bond motifs is 1. The van der Waals surface area contributed by atoms with Gasteiger partial charge < -0.3 is 15.2 Å². The maximum atomic E-state index is 10.5. The Hall–Kier alpha value is -2.04. The molecule has 72 valence electrons. The molecular formula is C9H8N2O3. The monoisotopic (exact) mass is 192 g/mol. The predicted octanol–water partition coefficient (Wildman–Crippen LogP) is 0.896. The molecule has 0 spiro atoms. The summed E-state index contributed by atoms with van der Waals surface area (Å²) in [6.45, 7) is 0. The van der Waals surface area contributed by atoms with Gasteiger partial charge in [0.05, 0.1) is 18.3 Å². The number of aliphatic carboxylic acids is 1. The number of hydrogen-bond acceptors (Lipinski definition) is 3. The smallest absolute Gasteiger partial charge is 0.307 e. The third kappa shape index (κ3) is 1.28. The van der Waals surface area contributed by atoms with E-state index in [1.807, 2.05) is 0 Å². The van der Waals surface area contributed by atoms with Crippen molar-refractivity contribution < 1.29 is 15.0 Å². The minimum Gasteiger partial charge on any atom is -0.505 e. The van der Waals surface area contributed by atoms with Crippen LogP contribution in [-0.2, 0) is 11.2 Å². The number of imidazole rings is 1. The van der Waals surface area contributed by atoms with Crippen LogP contribution < -0.4 is 0 Å². The topological polar surface area (TPSA) is 86.2 Å². The first-order valence-corrected chi connectivity index (χ1v) is 4.04. The summed E-state index contributed by atoms with van der Waals surface area (Å²) in [6.07, 6.45) is 1.25. The van der Waals surface area contributed by atoms with Crippen LogP contribution in [0.5, 0.6) is 5.75 Å². The summed E-state index contributed by atoms with van der Waals surface area (Å²) in [6, 6.07) is 3.27. The Morgan fingerprint density at radius 3 is 3.00 bits per heavy atom. The molecule has 0 atom stereocenters. The van der Waals surface area contributed by atoms with Crippen molar-refractivity contribution in [3.05, 3.63) is 24.0 Å². The van der Waals surface area contributed by atoms with Gasteiger partial charge in [0.25, 0.3) is 0 Å². The van der Waals surface area contributed by atoms with E-state index in [0.717, 1.165) is 0 Å². The van der Waals surface area contributed by atoms with Gasteiger partial charge in [0.2, 0.25) is 0 Å². The number of carbonyl (C=O) groups is 1. The molecule has 5 heteroatoms. The molecule has 2 rings (SSSR count). The second kappa shape index (κ2) is 3.02. The molecule has 1 aromatic carbocycles. The highest BCUT2D eigenvalue weighted by atomic mass is 16.4. The van der Waals surface area contributed by atoms with Crippen molar-refractivity contribution in [1.29, 1.82) is 0 Å². The van der Waals surface area contributed by atoms with Crippen LogP contribution in [-0.4, -0.2) is 26.2 Å². The molecule has 0 aliphatic carbocycles. The number of nitrogens with one attached hydrogen (secondary N) is 1. The summed E-state index contributed by atoms with van der Waals surface area (Å²) in [5.74, 6) is -1.04. The quantitative estimate of drug-likeness (QED) is 0.659. The van der Waals surface area contributed by atoms with Gasteiger partial charge in [-0.3, -0.25) is 4.79 Å². The van der Waals surface area contributed by atoms with Crippen molar-refractivity contribution in [2.45, 2.75) is 6.42 Å². The molecule has 0 amide bonds. The number of carboxylic acid groups (broad SMARTS) is 1. The minimum absolute atomic E-state index is 0.0637. The lowest BCUT2D eigenvalue weighted by Gasteiger charge is -2.01. The molecular weight excluding hydrogens is 184 g/mol. The molecule has 0 fully saturated rings. The standard InChI is InChI=1S/C9H8N2O3/c12-7(13)3-5-1-2-6-8(9(5)14)11-4-10-6/h1-2,4,14H,3H2,(H,10,11)(H,12,13). The van der Waals surface area contributed by atoms with Crippen LogP contribution in [0, 0.1) is 0 Å². The number of aromatic amines is 1. The molecule has 0 saturated carbocycles. The number of phenols is 1. The van der Waals surface area contributed by atoms with Crippen molar-refractivity contribution >= 4 is 17.0 Å². The summed E-state index contributed by atoms with van der Waals surface area (Å²) in [4.78, 5) is 17.2. The normalized spacial score (nSPS) is 10.6. The molecule has 1 aromatic heterocycles. The van der Waals surface area contributed by atoms with Crippen LogP contribution in [0.1, 0.15) is 5.56 Å². The predicted molar refractivity (Wildman–Crippen MR) is 49.1 cm³/mol. The van der Waals surface area contributed by atoms with E-state index in [0.29, 0.717) is 16.6 Å². The maximum absolute atomic E-state index is 10.5. The van der Waals surface area contributed by atoms with E-state index in [1.54, 1.807) is 12.1 Å². The average molecular weight is 192 g/mol. The Bertz CT molecular complexity index is 490. The zero-order valence-electron chi connectivity index (χ0n) is 7.19. The first kappa shape index (κ1) is 8.55. The average Bonchev–Trinajstić information content (AvgIpc) is 2.57. The Morgan fingerprint density at radius 1 is 1.50 bits per heavy atom. The molecule has 0 bridgehead atoms. The van der Waals surface area contributed by atoms with Gasteiger partial charge in [-0.15, -0.1) is 0 Å². The number of nitrogens with zero attached hydrogens (tertiary/aromatic N) is 1. The summed E-state index contributed by atoms with van der Waals surface area (Å²) in [5.41, 5.74) is 1.47. The molecule has 2 aromatic rings. The SMILES string of the molecule is O=C(O)Cc1ccc2[nH]cnc2c1O. The van der Waals surface area contributed by atoms with Gasteiger partial charge >= 0.3 is 5.97 Å². The van der Waals surface area contributed by atoms with E-state index in [-0.39, 0.29) is 12.2 Å². The van der Waals surface area contributed by atoms with Crippen LogP contribution in [0.4, 0.5) is 0 Å². The van der Waals surface area contributed by atoms with E-state index in [9.17, 15) is 9.90 Å². The molecule has 3 N–H and O–H groups in total. The highest BCUT2D eigenvalue weighted by molar-refractivity contribution is 5.84. The Balaban J connectivity index is 2.56. The van der Waals surface area contributed by atoms with Gasteiger partial charge in [-0.25, -0.2) is 4.98 Å². The summed E-state index contributed by atoms with van der Waals surface area (Å²) in [5, 5.41) is 18.2. The first-order valence-electron chi connectivity index (χ1n) is 4.04. The van der Waals surface area contributed by atoms with Gasteiger partial charge in [-0.2, -0.15) is 0 Å². The summed E-state index contributed by atoms with van der Waals surface area (Å²) < 4.78 is 0. The van der Waals surface area contributed by atoms with Gasteiger partial charge in [0.1, 0.15) is 11.3 Å². The molecule has 1 heterocycles. The lowest BCUT2D eigenvalue weighted by Crippen LogP contribution is -2.00. The van der Waals surface area contributed by atoms with Crippen LogP contribution in [0.3, 0.4) is 0 Å². The highest BCUT2D eigenvalue weighted by Gasteiger charge is 2.10. The number of benzene rings is 1. The number of carboxylic acids is 1. The minimum atomic E-state index is -0.977. The molecule has 0 aliphatic heterocycles. The Morgan fingerprint density at radius 2 is 2.29 bits per heavy atom. The zero-order valence-corrected chi connectivity index (χ0v) is 7.19. The van der Waals surface area contributed by atoms with E-state index >= 15 is 0 Å². The Labute approximate surface area is 79.0 Å². The third-order valence-corrected chi connectivity index (χ3v) is 1.99. The van der Waals surface area contributed by atoms with Crippen molar-refractivity contribution in [3.63, 3.8) is 0 Å². The second-order valence-electron chi connectivity index (χ2n) is 2.94. The number of hydrogen-bond donors (Lipinski definition) is 3. The summed E-state index contributed by atoms with van der Waals surface area (Å²) >= 11 is 0. The number of aromatic nitrogens is 2. The molecule has 14 heavy (non-hydrogen) atoms. The molecule has 0 saturated heterocycles. The van der Waals surface area contributed by atoms with Crippen molar-refractivity contribution in [2.24, 2.45) is 0 Å². The van der Waals surface area contributed by atoms with Crippen molar-refractivity contribution in [2.75, 3.05) is 0 Å². The highest BCUT2D eigenvalue weighted by Crippen LogP contribution is 2.26. The van der Waals surface area contributed by atoms with E-state index in [2.05, 4.69) is 9.97 Å². The van der Waals surface area contributed by atoms with Crippen LogP contribution in [0.2, 0.25) is 0 Å².